The van der Waals surface area contributed by atoms with E-state index in [1.807, 2.05) is 9.83 Å². The van der Waals surface area contributed by atoms with Gasteiger partial charge in [0.05, 0.1) is 0 Å². The number of likely N-dealkylation sites (tertiary alicyclic amines) is 1. The first-order valence-electron chi connectivity index (χ1n) is 7.98. The fraction of sp³-hybridized carbons (Fsp3) is 0.875. The summed E-state index contributed by atoms with van der Waals surface area (Å²) in [6, 6.07) is 0. The minimum atomic E-state index is -0.255. The number of methoxy groups -OCH3 is 1. The third-order valence-electron chi connectivity index (χ3n) is 4.94. The molecule has 1 saturated carbocycles. The van der Waals surface area contributed by atoms with Gasteiger partial charge in [-0.2, -0.15) is 0 Å². The van der Waals surface area contributed by atoms with Gasteiger partial charge in [0.1, 0.15) is 0 Å². The second kappa shape index (κ2) is 8.46. The van der Waals surface area contributed by atoms with Crippen molar-refractivity contribution in [2.45, 2.75) is 51.0 Å². The Bertz CT molecular complexity index is 359. The third kappa shape index (κ3) is 4.91. The Morgan fingerprint density at radius 2 is 1.71 bits per heavy atom. The Kier molecular flexibility index (Phi) is 6.92. The molecule has 2 rings (SSSR count). The number of halogens is 1. The first kappa shape index (κ1) is 17.2. The van der Waals surface area contributed by atoms with E-state index in [9.17, 15) is 9.59 Å². The van der Waals surface area contributed by atoms with Gasteiger partial charge in [-0.05, 0) is 0 Å². The third-order valence-corrected chi connectivity index (χ3v) is 6.59. The molecule has 0 aromatic rings. The normalized spacial score (nSPS) is 27.8. The van der Waals surface area contributed by atoms with Crippen LogP contribution in [0.25, 0.3) is 0 Å². The molecule has 0 spiro atoms. The van der Waals surface area contributed by atoms with Crippen molar-refractivity contribution < 1.29 is 35.5 Å². The van der Waals surface area contributed by atoms with Gasteiger partial charge >= 0.3 is 131 Å². The second-order valence-corrected chi connectivity index (χ2v) is 8.51. The molecule has 0 N–H and O–H groups in total. The van der Waals surface area contributed by atoms with E-state index in [1.54, 1.807) is 7.11 Å². The maximum atomic E-state index is 12.6. The van der Waals surface area contributed by atoms with E-state index in [0.29, 0.717) is 21.7 Å². The van der Waals surface area contributed by atoms with Crippen LogP contribution in [0.2, 0.25) is 0 Å². The van der Waals surface area contributed by atoms with Crippen molar-refractivity contribution >= 4 is 9.70 Å². The van der Waals surface area contributed by atoms with Gasteiger partial charge in [0.15, 0.2) is 0 Å². The Hall–Kier alpha value is -0.170. The van der Waals surface area contributed by atoms with Crippen LogP contribution in [-0.2, 0) is 14.3 Å². The summed E-state index contributed by atoms with van der Waals surface area (Å²) in [4.78, 5) is 28.2. The van der Waals surface area contributed by atoms with Crippen molar-refractivity contribution in [1.82, 2.24) is 4.90 Å². The monoisotopic (exact) mass is 408 g/mol. The zero-order chi connectivity index (χ0) is 15.2. The number of piperidine rings is 1. The van der Waals surface area contributed by atoms with E-state index in [-0.39, 0.29) is 27.1 Å². The van der Waals surface area contributed by atoms with E-state index in [4.69, 9.17) is 4.74 Å². The van der Waals surface area contributed by atoms with Gasteiger partial charge in [-0.3, -0.25) is 0 Å². The van der Waals surface area contributed by atoms with Gasteiger partial charge in [0.25, 0.3) is 0 Å². The van der Waals surface area contributed by atoms with E-state index in [1.165, 1.54) is 0 Å². The summed E-state index contributed by atoms with van der Waals surface area (Å²) in [7, 11) is 1.76. The number of ether oxygens (including phenoxy) is 1. The zero-order valence-electron chi connectivity index (χ0n) is 13.1. The van der Waals surface area contributed by atoms with Crippen LogP contribution in [0.4, 0.5) is 0 Å². The number of hydrogen-bond donors (Lipinski definition) is 0. The first-order chi connectivity index (χ1) is 10.1. The first-order valence-corrected chi connectivity index (χ1v) is 11.2. The molecule has 1 saturated heterocycles. The molecule has 122 valence electrons. The van der Waals surface area contributed by atoms with Gasteiger partial charge < -0.3 is 0 Å². The summed E-state index contributed by atoms with van der Waals surface area (Å²) in [5, 5.41) is 0. The Labute approximate surface area is 138 Å². The predicted molar refractivity (Wildman–Crippen MR) is 77.6 cm³/mol. The molecule has 2 aliphatic rings. The van der Waals surface area contributed by atoms with Crippen LogP contribution in [0, 0.1) is 11.8 Å². The number of rotatable bonds is 5. The SMILES string of the molecule is COC1CCC(C(=O)N2CCC(CC(=O)[I-]C)CC2)CC1. The Morgan fingerprint density at radius 1 is 1.10 bits per heavy atom. The number of amides is 1. The molecule has 0 aromatic heterocycles. The summed E-state index contributed by atoms with van der Waals surface area (Å²) < 4.78 is 5.84. The molecule has 1 amide bonds. The molecule has 1 aliphatic carbocycles. The molecular weight excluding hydrogens is 381 g/mol. The van der Waals surface area contributed by atoms with Crippen LogP contribution in [0.15, 0.2) is 0 Å². The molecular formula is C16H27INO3-. The molecule has 4 nitrogen and oxygen atoms in total. The van der Waals surface area contributed by atoms with E-state index in [2.05, 4.69) is 0 Å². The van der Waals surface area contributed by atoms with Crippen LogP contribution in [0.5, 0.6) is 0 Å². The minimum absolute atomic E-state index is 0.205. The summed E-state index contributed by atoms with van der Waals surface area (Å²) in [5.74, 6) is 1.07. The van der Waals surface area contributed by atoms with Crippen LogP contribution < -0.4 is 21.2 Å². The molecule has 21 heavy (non-hydrogen) atoms. The topological polar surface area (TPSA) is 46.6 Å². The summed E-state index contributed by atoms with van der Waals surface area (Å²) in [5.41, 5.74) is 0. The average molecular weight is 408 g/mol. The van der Waals surface area contributed by atoms with Crippen LogP contribution in [0.1, 0.15) is 44.9 Å². The molecule has 0 atom stereocenters. The summed E-state index contributed by atoms with van der Waals surface area (Å²) in [6.07, 6.45) is 7.08. The predicted octanol–water partition coefficient (Wildman–Crippen LogP) is -0.934. The van der Waals surface area contributed by atoms with Crippen LogP contribution in [0.3, 0.4) is 0 Å². The summed E-state index contributed by atoms with van der Waals surface area (Å²) in [6.45, 7) is 1.70. The molecule has 0 aromatic carbocycles. The number of hydrogen-bond acceptors (Lipinski definition) is 3. The number of carbonyl (C=O) groups is 2. The van der Waals surface area contributed by atoms with Crippen molar-refractivity contribution in [1.29, 1.82) is 0 Å². The van der Waals surface area contributed by atoms with Gasteiger partial charge in [-0.15, -0.1) is 0 Å². The fourth-order valence-electron chi connectivity index (χ4n) is 3.47. The van der Waals surface area contributed by atoms with Gasteiger partial charge in [-0.25, -0.2) is 0 Å². The molecule has 1 aliphatic heterocycles. The molecule has 0 unspecified atom stereocenters. The van der Waals surface area contributed by atoms with Crippen molar-refractivity contribution in [3.05, 3.63) is 0 Å². The van der Waals surface area contributed by atoms with E-state index in [0.717, 1.165) is 58.0 Å². The quantitative estimate of drug-likeness (QED) is 0.336. The fourth-order valence-corrected chi connectivity index (χ4v) is 4.53. The standard InChI is InChI=1S/C16H27INO3/c1-17-15(19)11-12-7-9-18(10-8-12)16(20)13-3-5-14(21-2)6-4-13/h12-14H,3-11H2,1-2H3/q-1. The van der Waals surface area contributed by atoms with E-state index >= 15 is 0 Å². The van der Waals surface area contributed by atoms with Gasteiger partial charge in [0, 0.05) is 7.11 Å². The zero-order valence-corrected chi connectivity index (χ0v) is 15.3. The average Bonchev–Trinajstić information content (AvgIpc) is 2.55. The van der Waals surface area contributed by atoms with Gasteiger partial charge in [0.2, 0.25) is 0 Å². The maximum absolute atomic E-state index is 12.6. The van der Waals surface area contributed by atoms with Crippen molar-refractivity contribution in [3.63, 3.8) is 0 Å². The molecule has 0 bridgehead atoms. The van der Waals surface area contributed by atoms with Crippen LogP contribution >= 0.6 is 0 Å². The molecule has 5 heteroatoms. The Balaban J connectivity index is 1.74. The van der Waals surface area contributed by atoms with E-state index < -0.39 is 0 Å². The van der Waals surface area contributed by atoms with Gasteiger partial charge in [-0.1, -0.05) is 0 Å². The van der Waals surface area contributed by atoms with Crippen molar-refractivity contribution in [2.24, 2.45) is 11.8 Å². The molecule has 0 radical (unpaired) electrons. The van der Waals surface area contributed by atoms with Crippen molar-refractivity contribution in [2.75, 3.05) is 25.1 Å². The molecule has 2 fully saturated rings. The van der Waals surface area contributed by atoms with Crippen molar-refractivity contribution in [3.8, 4) is 0 Å². The number of carbonyl (C=O) groups excluding carboxylic acids is 2. The molecule has 1 heterocycles. The van der Waals surface area contributed by atoms with Crippen LogP contribution in [-0.4, -0.2) is 45.8 Å². The Morgan fingerprint density at radius 3 is 2.24 bits per heavy atom. The number of alkyl halides is 1. The second-order valence-electron chi connectivity index (χ2n) is 6.23. The number of nitrogens with zero attached hydrogens (tertiary/aromatic N) is 1. The summed E-state index contributed by atoms with van der Waals surface area (Å²) >= 11 is -0.255.